The monoisotopic (exact) mass is 414 g/mol. The molecule has 1 N–H and O–H groups in total. The highest BCUT2D eigenvalue weighted by Crippen LogP contribution is 2.28. The van der Waals surface area contributed by atoms with Crippen molar-refractivity contribution in [3.05, 3.63) is 60.2 Å². The summed E-state index contributed by atoms with van der Waals surface area (Å²) < 4.78 is 44.1. The molecule has 1 heterocycles. The van der Waals surface area contributed by atoms with Gasteiger partial charge >= 0.3 is 6.18 Å². The second kappa shape index (κ2) is 9.80. The van der Waals surface area contributed by atoms with Crippen LogP contribution < -0.4 is 10.1 Å². The van der Waals surface area contributed by atoms with Crippen molar-refractivity contribution in [1.82, 2.24) is 10.2 Å². The van der Waals surface area contributed by atoms with Crippen LogP contribution in [0.1, 0.15) is 23.2 Å². The highest BCUT2D eigenvalue weighted by atomic mass is 35.5. The zero-order valence-electron chi connectivity index (χ0n) is 15.1. The maximum atomic E-state index is 13.1. The number of alkyl halides is 3. The summed E-state index contributed by atoms with van der Waals surface area (Å²) in [5.41, 5.74) is 0.260. The second-order valence-electron chi connectivity index (χ2n) is 6.42. The van der Waals surface area contributed by atoms with Gasteiger partial charge in [-0.3, -0.25) is 4.79 Å². The van der Waals surface area contributed by atoms with Gasteiger partial charge in [0.25, 0.3) is 5.91 Å². The predicted octanol–water partition coefficient (Wildman–Crippen LogP) is 4.66. The average Bonchev–Trinajstić information content (AvgIpc) is 3.16. The van der Waals surface area contributed by atoms with Gasteiger partial charge in [-0.25, -0.2) is 0 Å². The van der Waals surface area contributed by atoms with Crippen LogP contribution in [-0.2, 0) is 0 Å². The van der Waals surface area contributed by atoms with E-state index in [-0.39, 0.29) is 30.6 Å². The normalized spacial score (nSPS) is 16.3. The molecule has 2 aromatic carbocycles. The molecule has 0 bridgehead atoms. The maximum Gasteiger partial charge on any atom is 0.390 e. The average molecular weight is 415 g/mol. The van der Waals surface area contributed by atoms with E-state index in [1.54, 1.807) is 48.5 Å². The first-order valence-corrected chi connectivity index (χ1v) is 8.84. The quantitative estimate of drug-likeness (QED) is 0.747. The molecule has 0 radical (unpaired) electrons. The number of carbonyl (C=O) groups excluding carboxylic acids is 1. The van der Waals surface area contributed by atoms with Crippen LogP contribution in [0.2, 0.25) is 0 Å². The topological polar surface area (TPSA) is 41.6 Å². The number of halogens is 4. The molecule has 0 unspecified atom stereocenters. The summed E-state index contributed by atoms with van der Waals surface area (Å²) in [6.07, 6.45) is -4.72. The summed E-state index contributed by atoms with van der Waals surface area (Å²) in [5, 5.41) is 3.10. The van der Waals surface area contributed by atoms with Crippen LogP contribution in [0.4, 0.5) is 13.2 Å². The molecule has 8 heteroatoms. The lowest BCUT2D eigenvalue weighted by atomic mass is 10.1. The number of hydrogen-bond acceptors (Lipinski definition) is 3. The van der Waals surface area contributed by atoms with Gasteiger partial charge in [-0.15, -0.1) is 12.4 Å². The Bertz CT molecular complexity index is 766. The molecule has 0 aliphatic carbocycles. The predicted molar refractivity (Wildman–Crippen MR) is 103 cm³/mol. The number of ether oxygens (including phenoxy) is 1. The number of nitrogens with zero attached hydrogens (tertiary/aromatic N) is 1. The fourth-order valence-electron chi connectivity index (χ4n) is 3.11. The van der Waals surface area contributed by atoms with Gasteiger partial charge in [-0.2, -0.15) is 13.2 Å². The maximum absolute atomic E-state index is 13.1. The van der Waals surface area contributed by atoms with Gasteiger partial charge in [0.1, 0.15) is 11.5 Å². The summed E-state index contributed by atoms with van der Waals surface area (Å²) in [7, 11) is 0. The summed E-state index contributed by atoms with van der Waals surface area (Å²) in [6, 6.07) is 15.3. The Hall–Kier alpha value is -2.25. The second-order valence-corrected chi connectivity index (χ2v) is 6.42. The smallest absolute Gasteiger partial charge is 0.390 e. The van der Waals surface area contributed by atoms with Crippen LogP contribution in [0, 0.1) is 0 Å². The highest BCUT2D eigenvalue weighted by molar-refractivity contribution is 5.97. The van der Waals surface area contributed by atoms with Gasteiger partial charge in [0.2, 0.25) is 0 Å². The Labute approximate surface area is 168 Å². The Morgan fingerprint density at radius 2 is 1.79 bits per heavy atom. The molecule has 1 saturated heterocycles. The minimum atomic E-state index is -4.31. The third-order valence-corrected chi connectivity index (χ3v) is 4.46. The van der Waals surface area contributed by atoms with Crippen molar-refractivity contribution in [1.29, 1.82) is 0 Å². The number of amides is 1. The lowest BCUT2D eigenvalue weighted by molar-refractivity contribution is -0.137. The largest absolute Gasteiger partial charge is 0.457 e. The van der Waals surface area contributed by atoms with Crippen LogP contribution in [0.5, 0.6) is 11.5 Å². The van der Waals surface area contributed by atoms with Gasteiger partial charge in [-0.1, -0.05) is 30.3 Å². The van der Waals surface area contributed by atoms with Crippen LogP contribution >= 0.6 is 12.4 Å². The summed E-state index contributed by atoms with van der Waals surface area (Å²) in [5.74, 6) is 0.443. The molecule has 2 aromatic rings. The van der Waals surface area contributed by atoms with Crippen molar-refractivity contribution < 1.29 is 22.7 Å². The number of hydrogen-bond donors (Lipinski definition) is 1. The van der Waals surface area contributed by atoms with E-state index in [4.69, 9.17) is 4.74 Å². The molecule has 152 valence electrons. The van der Waals surface area contributed by atoms with E-state index < -0.39 is 18.5 Å². The lowest BCUT2D eigenvalue weighted by Gasteiger charge is -2.29. The molecule has 1 amide bonds. The van der Waals surface area contributed by atoms with Gasteiger partial charge in [0.05, 0.1) is 12.0 Å². The van der Waals surface area contributed by atoms with Crippen LogP contribution in [0.3, 0.4) is 0 Å². The third-order valence-electron chi connectivity index (χ3n) is 4.46. The van der Waals surface area contributed by atoms with E-state index in [1.165, 1.54) is 4.90 Å². The minimum Gasteiger partial charge on any atom is -0.457 e. The summed E-state index contributed by atoms with van der Waals surface area (Å²) in [4.78, 5) is 14.4. The molecule has 4 nitrogen and oxygen atoms in total. The number of rotatable bonds is 6. The van der Waals surface area contributed by atoms with E-state index in [0.29, 0.717) is 31.0 Å². The summed E-state index contributed by atoms with van der Waals surface area (Å²) >= 11 is 0. The van der Waals surface area contributed by atoms with E-state index in [0.717, 1.165) is 0 Å². The molecule has 1 atom stereocenters. The van der Waals surface area contributed by atoms with E-state index in [1.807, 2.05) is 6.07 Å². The molecule has 1 aliphatic rings. The number of nitrogens with one attached hydrogen (secondary N) is 1. The van der Waals surface area contributed by atoms with Gasteiger partial charge < -0.3 is 15.0 Å². The van der Waals surface area contributed by atoms with Gasteiger partial charge in [0.15, 0.2) is 0 Å². The van der Waals surface area contributed by atoms with Crippen LogP contribution in [0.15, 0.2) is 54.6 Å². The van der Waals surface area contributed by atoms with Crippen LogP contribution in [0.25, 0.3) is 0 Å². The van der Waals surface area contributed by atoms with Crippen molar-refractivity contribution in [2.24, 2.45) is 0 Å². The van der Waals surface area contributed by atoms with E-state index in [9.17, 15) is 18.0 Å². The molecule has 0 spiro atoms. The first-order valence-electron chi connectivity index (χ1n) is 8.84. The number of carbonyl (C=O) groups is 1. The fourth-order valence-corrected chi connectivity index (χ4v) is 3.11. The van der Waals surface area contributed by atoms with Crippen molar-refractivity contribution in [2.45, 2.75) is 25.1 Å². The first kappa shape index (κ1) is 22.0. The first-order chi connectivity index (χ1) is 12.9. The Balaban J connectivity index is 0.00000280. The summed E-state index contributed by atoms with van der Waals surface area (Å²) in [6.45, 7) is 0.808. The molecular weight excluding hydrogens is 393 g/mol. The van der Waals surface area contributed by atoms with Crippen molar-refractivity contribution in [3.63, 3.8) is 0 Å². The Kier molecular flexibility index (Phi) is 7.71. The van der Waals surface area contributed by atoms with Crippen LogP contribution in [-0.4, -0.2) is 42.7 Å². The minimum absolute atomic E-state index is 0. The molecule has 1 aliphatic heterocycles. The molecular formula is C20H22ClF3N2O2. The highest BCUT2D eigenvalue weighted by Gasteiger charge is 2.34. The lowest BCUT2D eigenvalue weighted by Crippen LogP contribution is -2.43. The fraction of sp³-hybridized carbons (Fsp3) is 0.350. The molecule has 28 heavy (non-hydrogen) atoms. The SMILES string of the molecule is Cl.O=C(c1ccccc1Oc1ccccc1)N(CCC(F)(F)F)[C@H]1CCNC1. The van der Waals surface area contributed by atoms with Crippen molar-refractivity contribution >= 4 is 18.3 Å². The molecule has 0 saturated carbocycles. The van der Waals surface area contributed by atoms with E-state index >= 15 is 0 Å². The Morgan fingerprint density at radius 3 is 2.43 bits per heavy atom. The van der Waals surface area contributed by atoms with Gasteiger partial charge in [-0.05, 0) is 37.2 Å². The zero-order valence-corrected chi connectivity index (χ0v) is 15.9. The van der Waals surface area contributed by atoms with Gasteiger partial charge in [0, 0.05) is 19.1 Å². The molecule has 3 rings (SSSR count). The van der Waals surface area contributed by atoms with E-state index in [2.05, 4.69) is 5.32 Å². The number of para-hydroxylation sites is 2. The number of benzene rings is 2. The Morgan fingerprint density at radius 1 is 1.11 bits per heavy atom. The molecule has 1 fully saturated rings. The standard InChI is InChI=1S/C20H21F3N2O2.ClH/c21-20(22,23)11-13-25(15-10-12-24-14-15)19(26)17-8-4-5-9-18(17)27-16-6-2-1-3-7-16;/h1-9,15,24H,10-14H2;1H/t15-;/m0./s1. The third kappa shape index (κ3) is 5.87. The van der Waals surface area contributed by atoms with Crippen molar-refractivity contribution in [2.75, 3.05) is 19.6 Å². The van der Waals surface area contributed by atoms with Crippen molar-refractivity contribution in [3.8, 4) is 11.5 Å². The zero-order chi connectivity index (χ0) is 19.3. The molecule has 0 aromatic heterocycles.